The van der Waals surface area contributed by atoms with Crippen LogP contribution in [0.15, 0.2) is 16.2 Å². The Hall–Kier alpha value is -1.16. The number of hydrogen-bond acceptors (Lipinski definition) is 3. The van der Waals surface area contributed by atoms with E-state index in [1.165, 1.54) is 11.3 Å². The number of nitrogens with one attached hydrogen (secondary N) is 1. The van der Waals surface area contributed by atoms with E-state index < -0.39 is 0 Å². The van der Waals surface area contributed by atoms with Gasteiger partial charge in [0.15, 0.2) is 6.33 Å². The first-order chi connectivity index (χ1) is 4.88. The Morgan fingerprint density at radius 2 is 2.60 bits per heavy atom. The van der Waals surface area contributed by atoms with E-state index in [9.17, 15) is 4.79 Å². The second kappa shape index (κ2) is 1.91. The molecule has 0 saturated heterocycles. The molecule has 2 aromatic rings. The number of nitrogens with zero attached hydrogens (tertiary/aromatic N) is 1. The molecule has 0 bridgehead atoms. The van der Waals surface area contributed by atoms with Crippen LogP contribution in [0.5, 0.6) is 0 Å². The summed E-state index contributed by atoms with van der Waals surface area (Å²) < 4.78 is 0.666. The third kappa shape index (κ3) is 0.657. The van der Waals surface area contributed by atoms with Crippen LogP contribution < -0.4 is 5.56 Å². The molecule has 0 amide bonds. The number of hydrogen-bond donors (Lipinski definition) is 1. The lowest BCUT2D eigenvalue weighted by Gasteiger charge is -1.81. The molecule has 0 saturated carbocycles. The topological polar surface area (TPSA) is 45.8 Å². The van der Waals surface area contributed by atoms with Gasteiger partial charge in [-0.2, -0.15) is 0 Å². The molecule has 0 atom stereocenters. The van der Waals surface area contributed by atoms with Gasteiger partial charge in [-0.15, -0.1) is 11.3 Å². The lowest BCUT2D eigenvalue weighted by atomic mass is 10.5. The molecule has 2 aromatic heterocycles. The first-order valence-corrected chi connectivity index (χ1v) is 3.59. The number of aromatic amines is 1. The minimum Gasteiger partial charge on any atom is -0.303 e. The van der Waals surface area contributed by atoms with Crippen LogP contribution >= 0.6 is 11.3 Å². The van der Waals surface area contributed by atoms with Gasteiger partial charge in [-0.25, -0.2) is 4.98 Å². The third-order valence-corrected chi connectivity index (χ3v) is 2.10. The Morgan fingerprint density at radius 3 is 3.40 bits per heavy atom. The summed E-state index contributed by atoms with van der Waals surface area (Å²) in [5.74, 6) is 0. The van der Waals surface area contributed by atoms with Crippen molar-refractivity contribution in [1.82, 2.24) is 9.97 Å². The zero-order chi connectivity index (χ0) is 6.97. The molecule has 4 heteroatoms. The van der Waals surface area contributed by atoms with E-state index in [-0.39, 0.29) is 5.56 Å². The quantitative estimate of drug-likeness (QED) is 0.605. The highest BCUT2D eigenvalue weighted by molar-refractivity contribution is 7.17. The van der Waals surface area contributed by atoms with E-state index in [1.54, 1.807) is 6.07 Å². The fourth-order valence-corrected chi connectivity index (χ4v) is 1.48. The Morgan fingerprint density at radius 1 is 1.70 bits per heavy atom. The van der Waals surface area contributed by atoms with E-state index in [2.05, 4.69) is 16.3 Å². The molecule has 0 fully saturated rings. The average molecular weight is 151 g/mol. The average Bonchev–Trinajstić information content (AvgIpc) is 2.36. The van der Waals surface area contributed by atoms with Gasteiger partial charge in [0, 0.05) is 0 Å². The zero-order valence-electron chi connectivity index (χ0n) is 4.92. The summed E-state index contributed by atoms with van der Waals surface area (Å²) in [6, 6.07) is 1.80. The molecule has 0 aromatic carbocycles. The summed E-state index contributed by atoms with van der Waals surface area (Å²) in [6.07, 6.45) is 2.41. The van der Waals surface area contributed by atoms with Crippen LogP contribution in [-0.4, -0.2) is 9.97 Å². The van der Waals surface area contributed by atoms with Gasteiger partial charge in [-0.3, -0.25) is 4.79 Å². The Kier molecular flexibility index (Phi) is 1.07. The molecule has 2 rings (SSSR count). The molecule has 1 radical (unpaired) electrons. The third-order valence-electron chi connectivity index (χ3n) is 1.20. The molecule has 10 heavy (non-hydrogen) atoms. The van der Waals surface area contributed by atoms with Crippen molar-refractivity contribution < 1.29 is 0 Å². The van der Waals surface area contributed by atoms with Crippen LogP contribution in [-0.2, 0) is 0 Å². The predicted molar refractivity (Wildman–Crippen MR) is 39.1 cm³/mol. The summed E-state index contributed by atoms with van der Waals surface area (Å²) >= 11 is 1.39. The normalized spacial score (nSPS) is 10.4. The van der Waals surface area contributed by atoms with E-state index >= 15 is 0 Å². The van der Waals surface area contributed by atoms with Crippen LogP contribution in [0.1, 0.15) is 0 Å². The Balaban J connectivity index is 3.09. The fraction of sp³-hybridized carbons (Fsp3) is 0. The van der Waals surface area contributed by atoms with Gasteiger partial charge in [0.05, 0.1) is 5.52 Å². The van der Waals surface area contributed by atoms with Gasteiger partial charge in [-0.1, -0.05) is 0 Å². The maximum atomic E-state index is 10.9. The molecule has 2 heterocycles. The number of thiophene rings is 1. The van der Waals surface area contributed by atoms with Crippen LogP contribution in [0.25, 0.3) is 10.2 Å². The number of H-pyrrole nitrogens is 1. The largest absolute Gasteiger partial charge is 0.303 e. The fourth-order valence-electron chi connectivity index (χ4n) is 0.756. The molecular formula is C6H3N2OS. The van der Waals surface area contributed by atoms with Gasteiger partial charge in [0.25, 0.3) is 5.56 Å². The minimum absolute atomic E-state index is 0.111. The molecule has 0 aliphatic carbocycles. The molecule has 0 spiro atoms. The molecule has 0 aliphatic rings. The molecule has 49 valence electrons. The monoisotopic (exact) mass is 151 g/mol. The smallest absolute Gasteiger partial charge is 0.269 e. The molecular weight excluding hydrogens is 148 g/mol. The van der Waals surface area contributed by atoms with Crippen molar-refractivity contribution in [3.63, 3.8) is 0 Å². The van der Waals surface area contributed by atoms with E-state index in [1.807, 2.05) is 5.38 Å². The van der Waals surface area contributed by atoms with E-state index in [4.69, 9.17) is 0 Å². The van der Waals surface area contributed by atoms with Crippen molar-refractivity contribution in [2.45, 2.75) is 0 Å². The van der Waals surface area contributed by atoms with Gasteiger partial charge in [0.1, 0.15) is 4.70 Å². The highest BCUT2D eigenvalue weighted by Crippen LogP contribution is 2.11. The lowest BCUT2D eigenvalue weighted by molar-refractivity contribution is 1.16. The van der Waals surface area contributed by atoms with Crippen LogP contribution in [0.4, 0.5) is 0 Å². The van der Waals surface area contributed by atoms with E-state index in [0.29, 0.717) is 10.2 Å². The van der Waals surface area contributed by atoms with Gasteiger partial charge >= 0.3 is 0 Å². The maximum Gasteiger partial charge on any atom is 0.269 e. The second-order valence-corrected chi connectivity index (χ2v) is 2.73. The molecule has 3 nitrogen and oxygen atoms in total. The zero-order valence-corrected chi connectivity index (χ0v) is 5.73. The second-order valence-electron chi connectivity index (χ2n) is 1.81. The van der Waals surface area contributed by atoms with Crippen molar-refractivity contribution >= 4 is 21.6 Å². The minimum atomic E-state index is -0.111. The van der Waals surface area contributed by atoms with E-state index in [0.717, 1.165) is 0 Å². The summed E-state index contributed by atoms with van der Waals surface area (Å²) in [5.41, 5.74) is 0.605. The SMILES string of the molecule is O=c1[nH][c]nc2ccsc12. The van der Waals surface area contributed by atoms with Crippen molar-refractivity contribution in [2.24, 2.45) is 0 Å². The van der Waals surface area contributed by atoms with Crippen molar-refractivity contribution in [3.05, 3.63) is 28.1 Å². The Bertz CT molecular complexity index is 403. The number of aromatic nitrogens is 2. The van der Waals surface area contributed by atoms with Crippen molar-refractivity contribution in [1.29, 1.82) is 0 Å². The summed E-state index contributed by atoms with van der Waals surface area (Å²) in [5, 5.41) is 1.83. The first-order valence-electron chi connectivity index (χ1n) is 2.71. The summed E-state index contributed by atoms with van der Waals surface area (Å²) in [7, 11) is 0. The molecule has 1 N–H and O–H groups in total. The molecule has 0 aliphatic heterocycles. The van der Waals surface area contributed by atoms with Gasteiger partial charge < -0.3 is 4.98 Å². The Labute approximate surface area is 60.4 Å². The highest BCUT2D eigenvalue weighted by Gasteiger charge is 1.97. The van der Waals surface area contributed by atoms with Crippen molar-refractivity contribution in [3.8, 4) is 0 Å². The van der Waals surface area contributed by atoms with Gasteiger partial charge in [-0.05, 0) is 11.4 Å². The van der Waals surface area contributed by atoms with Crippen LogP contribution in [0, 0.1) is 6.33 Å². The molecule has 0 unspecified atom stereocenters. The first kappa shape index (κ1) is 5.61. The number of fused-ring (bicyclic) bond motifs is 1. The van der Waals surface area contributed by atoms with Crippen molar-refractivity contribution in [2.75, 3.05) is 0 Å². The summed E-state index contributed by atoms with van der Waals surface area (Å²) in [6.45, 7) is 0. The van der Waals surface area contributed by atoms with Crippen LogP contribution in [0.3, 0.4) is 0 Å². The summed E-state index contributed by atoms with van der Waals surface area (Å²) in [4.78, 5) is 17.1. The lowest BCUT2D eigenvalue weighted by Crippen LogP contribution is -2.03. The van der Waals surface area contributed by atoms with Gasteiger partial charge in [0.2, 0.25) is 0 Å². The number of rotatable bonds is 0. The predicted octanol–water partition coefficient (Wildman–Crippen LogP) is 0.785. The highest BCUT2D eigenvalue weighted by atomic mass is 32.1. The standard InChI is InChI=1S/C6H3N2OS/c9-6-5-4(1-2-10-5)7-3-8-6/h1-2H,(H,7,8,9). The maximum absolute atomic E-state index is 10.9. The van der Waals surface area contributed by atoms with Crippen LogP contribution in [0.2, 0.25) is 0 Å².